The van der Waals surface area contributed by atoms with Crippen molar-refractivity contribution in [2.75, 3.05) is 5.32 Å². The van der Waals surface area contributed by atoms with Gasteiger partial charge in [-0.05, 0) is 35.6 Å². The molecule has 0 radical (unpaired) electrons. The Morgan fingerprint density at radius 2 is 2.00 bits per heavy atom. The summed E-state index contributed by atoms with van der Waals surface area (Å²) in [5, 5.41) is 15.8. The summed E-state index contributed by atoms with van der Waals surface area (Å²) in [5.41, 5.74) is 2.69. The van der Waals surface area contributed by atoms with Gasteiger partial charge in [0.15, 0.2) is 0 Å². The van der Waals surface area contributed by atoms with Crippen LogP contribution in [0.2, 0.25) is 10.0 Å². The second-order valence-corrected chi connectivity index (χ2v) is 6.96. The van der Waals surface area contributed by atoms with Crippen LogP contribution >= 0.6 is 23.2 Å². The molecule has 2 aliphatic rings. The van der Waals surface area contributed by atoms with E-state index in [1.54, 1.807) is 12.1 Å². The Bertz CT molecular complexity index is 866. The molecule has 2 aromatic carbocycles. The van der Waals surface area contributed by atoms with Crippen molar-refractivity contribution in [2.24, 2.45) is 5.92 Å². The summed E-state index contributed by atoms with van der Waals surface area (Å²) < 4.78 is 0. The molecule has 1 N–H and O–H groups in total. The Labute approximate surface area is 149 Å². The molecule has 0 saturated carbocycles. The Hall–Kier alpha value is -2.04. The van der Waals surface area contributed by atoms with Gasteiger partial charge < -0.3 is 5.32 Å². The third kappa shape index (κ3) is 2.38. The molecule has 122 valence electrons. The van der Waals surface area contributed by atoms with Crippen molar-refractivity contribution in [1.29, 1.82) is 0 Å². The number of halogens is 2. The number of fused-ring (bicyclic) bond motifs is 3. The molecule has 1 heterocycles. The number of benzene rings is 2. The number of para-hydroxylation sites is 1. The number of nitro groups is 1. The fraction of sp³-hybridized carbons (Fsp3) is 0.222. The van der Waals surface area contributed by atoms with E-state index < -0.39 is 0 Å². The molecule has 2 aromatic rings. The molecular formula is C18H14Cl2N2O2. The number of nitrogens with one attached hydrogen (secondary N) is 1. The van der Waals surface area contributed by atoms with Crippen molar-refractivity contribution in [1.82, 2.24) is 0 Å². The first-order chi connectivity index (χ1) is 11.6. The van der Waals surface area contributed by atoms with Gasteiger partial charge in [0.05, 0.1) is 21.0 Å². The molecule has 0 saturated heterocycles. The summed E-state index contributed by atoms with van der Waals surface area (Å²) in [5.74, 6) is 0.470. The molecule has 6 heteroatoms. The first-order valence-electron chi connectivity index (χ1n) is 7.71. The zero-order valence-electron chi connectivity index (χ0n) is 12.6. The lowest BCUT2D eigenvalue weighted by molar-refractivity contribution is -0.384. The van der Waals surface area contributed by atoms with Gasteiger partial charge in [-0.1, -0.05) is 53.6 Å². The highest BCUT2D eigenvalue weighted by molar-refractivity contribution is 6.42. The van der Waals surface area contributed by atoms with Gasteiger partial charge in [0.2, 0.25) is 0 Å². The van der Waals surface area contributed by atoms with Gasteiger partial charge in [-0.3, -0.25) is 10.1 Å². The maximum atomic E-state index is 11.4. The van der Waals surface area contributed by atoms with Crippen LogP contribution in [0.4, 0.5) is 11.4 Å². The fourth-order valence-corrected chi connectivity index (χ4v) is 4.10. The number of rotatable bonds is 2. The van der Waals surface area contributed by atoms with Crippen molar-refractivity contribution >= 4 is 34.6 Å². The largest absolute Gasteiger partial charge is 0.372 e. The van der Waals surface area contributed by atoms with Crippen molar-refractivity contribution in [3.8, 4) is 0 Å². The van der Waals surface area contributed by atoms with E-state index in [1.165, 1.54) is 6.07 Å². The quantitative estimate of drug-likeness (QED) is 0.422. The predicted molar refractivity (Wildman–Crippen MR) is 95.9 cm³/mol. The minimum absolute atomic E-state index is 0.0478. The topological polar surface area (TPSA) is 55.2 Å². The van der Waals surface area contributed by atoms with E-state index in [2.05, 4.69) is 17.5 Å². The maximum Gasteiger partial charge on any atom is 0.292 e. The highest BCUT2D eigenvalue weighted by atomic mass is 35.5. The monoisotopic (exact) mass is 360 g/mol. The molecule has 1 aliphatic heterocycles. The summed E-state index contributed by atoms with van der Waals surface area (Å²) in [4.78, 5) is 11.1. The van der Waals surface area contributed by atoms with Crippen LogP contribution in [0, 0.1) is 16.0 Å². The van der Waals surface area contributed by atoms with Gasteiger partial charge in [0.1, 0.15) is 5.69 Å². The van der Waals surface area contributed by atoms with Crippen LogP contribution in [0.25, 0.3) is 0 Å². The third-order valence-electron chi connectivity index (χ3n) is 4.87. The zero-order valence-corrected chi connectivity index (χ0v) is 14.1. The van der Waals surface area contributed by atoms with Crippen molar-refractivity contribution in [2.45, 2.75) is 18.4 Å². The lowest BCUT2D eigenvalue weighted by Gasteiger charge is -2.37. The first kappa shape index (κ1) is 15.5. The Kier molecular flexibility index (Phi) is 3.74. The molecule has 0 aromatic heterocycles. The average Bonchev–Trinajstić information content (AvgIpc) is 3.06. The van der Waals surface area contributed by atoms with Crippen LogP contribution in [0.3, 0.4) is 0 Å². The van der Waals surface area contributed by atoms with Crippen molar-refractivity contribution in [3.63, 3.8) is 0 Å². The number of nitrogens with zero attached hydrogens (tertiary/aromatic N) is 1. The third-order valence-corrected chi connectivity index (χ3v) is 5.61. The molecule has 3 atom stereocenters. The summed E-state index contributed by atoms with van der Waals surface area (Å²) in [6, 6.07) is 10.8. The van der Waals surface area contributed by atoms with Crippen LogP contribution in [0.15, 0.2) is 48.6 Å². The molecule has 0 bridgehead atoms. The normalized spacial score (nSPS) is 24.2. The van der Waals surface area contributed by atoms with Crippen molar-refractivity contribution in [3.05, 3.63) is 79.8 Å². The molecule has 4 rings (SSSR count). The fourth-order valence-electron chi connectivity index (χ4n) is 3.79. The maximum absolute atomic E-state index is 11.4. The summed E-state index contributed by atoms with van der Waals surface area (Å²) in [6.07, 6.45) is 5.22. The van der Waals surface area contributed by atoms with Gasteiger partial charge >= 0.3 is 0 Å². The number of nitro benzene ring substituents is 1. The molecule has 0 spiro atoms. The van der Waals surface area contributed by atoms with E-state index in [0.717, 1.165) is 17.5 Å². The number of allylic oxidation sites excluding steroid dienone is 2. The molecule has 1 aliphatic carbocycles. The smallest absolute Gasteiger partial charge is 0.292 e. The van der Waals surface area contributed by atoms with Gasteiger partial charge in [0.25, 0.3) is 5.69 Å². The summed E-state index contributed by atoms with van der Waals surface area (Å²) >= 11 is 12.2. The Morgan fingerprint density at radius 1 is 1.17 bits per heavy atom. The van der Waals surface area contributed by atoms with E-state index in [4.69, 9.17) is 23.2 Å². The Balaban J connectivity index is 1.84. The van der Waals surface area contributed by atoms with Crippen molar-refractivity contribution < 1.29 is 4.92 Å². The van der Waals surface area contributed by atoms with Crippen LogP contribution in [0.5, 0.6) is 0 Å². The minimum Gasteiger partial charge on any atom is -0.372 e. The van der Waals surface area contributed by atoms with Gasteiger partial charge in [-0.2, -0.15) is 0 Å². The molecule has 24 heavy (non-hydrogen) atoms. The minimum atomic E-state index is -0.337. The number of hydrogen-bond donors (Lipinski definition) is 1. The molecule has 0 amide bonds. The van der Waals surface area contributed by atoms with Crippen LogP contribution in [0.1, 0.15) is 29.5 Å². The van der Waals surface area contributed by atoms with Gasteiger partial charge in [-0.15, -0.1) is 0 Å². The molecule has 0 fully saturated rings. The van der Waals surface area contributed by atoms with Gasteiger partial charge in [0, 0.05) is 12.0 Å². The molecular weight excluding hydrogens is 347 g/mol. The number of anilines is 1. The molecule has 4 nitrogen and oxygen atoms in total. The van der Waals surface area contributed by atoms with E-state index in [1.807, 2.05) is 18.2 Å². The summed E-state index contributed by atoms with van der Waals surface area (Å²) in [6.45, 7) is 0. The van der Waals surface area contributed by atoms with E-state index in [9.17, 15) is 10.1 Å². The second-order valence-electron chi connectivity index (χ2n) is 6.15. The van der Waals surface area contributed by atoms with Crippen LogP contribution in [-0.2, 0) is 0 Å². The van der Waals surface area contributed by atoms with E-state index in [-0.39, 0.29) is 22.6 Å². The van der Waals surface area contributed by atoms with Crippen LogP contribution < -0.4 is 5.32 Å². The predicted octanol–water partition coefficient (Wildman–Crippen LogP) is 5.73. The van der Waals surface area contributed by atoms with Crippen LogP contribution in [-0.4, -0.2) is 4.92 Å². The zero-order chi connectivity index (χ0) is 16.8. The second kappa shape index (κ2) is 5.80. The molecule has 0 unspecified atom stereocenters. The summed E-state index contributed by atoms with van der Waals surface area (Å²) in [7, 11) is 0. The highest BCUT2D eigenvalue weighted by Gasteiger charge is 2.40. The Morgan fingerprint density at radius 3 is 2.75 bits per heavy atom. The lowest BCUT2D eigenvalue weighted by Crippen LogP contribution is -2.29. The standard InChI is InChI=1S/C18H14Cl2N2O2/c19-14-8-7-10(9-15(14)20)17-12-4-1-3-11(12)13-5-2-6-16(22(23)24)18(13)21-17/h1-3,5-9,11-12,17,21H,4H2/t11-,12+,17-/m1/s1. The van der Waals surface area contributed by atoms with E-state index in [0.29, 0.717) is 21.7 Å². The average molecular weight is 361 g/mol. The number of hydrogen-bond acceptors (Lipinski definition) is 3. The highest BCUT2D eigenvalue weighted by Crippen LogP contribution is 2.52. The lowest BCUT2D eigenvalue weighted by atomic mass is 9.77. The first-order valence-corrected chi connectivity index (χ1v) is 8.47. The SMILES string of the molecule is O=[N+]([O-])c1cccc2c1N[C@H](c1ccc(Cl)c(Cl)c1)[C@H]1CC=C[C@@H]21. The van der Waals surface area contributed by atoms with E-state index >= 15 is 0 Å². The van der Waals surface area contributed by atoms with Gasteiger partial charge in [-0.25, -0.2) is 0 Å².